The Hall–Kier alpha value is -0.570. The maximum Gasteiger partial charge on any atom is 0.224 e. The maximum absolute atomic E-state index is 11.1. The van der Waals surface area contributed by atoms with Gasteiger partial charge in [0, 0.05) is 13.0 Å². The van der Waals surface area contributed by atoms with Crippen LogP contribution in [0.15, 0.2) is 0 Å². The van der Waals surface area contributed by atoms with E-state index in [1.54, 1.807) is 6.42 Å². The predicted octanol–water partition coefficient (Wildman–Crippen LogP) is 0.619. The third-order valence-corrected chi connectivity index (χ3v) is 2.72. The Morgan fingerprint density at radius 1 is 1.42 bits per heavy atom. The number of primary amides is 1. The lowest BCUT2D eigenvalue weighted by Gasteiger charge is -2.33. The second-order valence-electron chi connectivity index (χ2n) is 3.47. The Morgan fingerprint density at radius 2 is 2.00 bits per heavy atom. The van der Waals surface area contributed by atoms with Gasteiger partial charge in [-0.3, -0.25) is 4.79 Å². The van der Waals surface area contributed by atoms with Crippen molar-refractivity contribution in [2.24, 2.45) is 11.1 Å². The van der Waals surface area contributed by atoms with Gasteiger partial charge in [0.25, 0.3) is 0 Å². The van der Waals surface area contributed by atoms with E-state index in [0.717, 1.165) is 25.7 Å². The van der Waals surface area contributed by atoms with Crippen LogP contribution in [0.3, 0.4) is 0 Å². The van der Waals surface area contributed by atoms with Crippen LogP contribution < -0.4 is 5.73 Å². The molecule has 1 fully saturated rings. The van der Waals surface area contributed by atoms with Crippen molar-refractivity contribution >= 4 is 5.91 Å². The smallest absolute Gasteiger partial charge is 0.224 e. The number of aliphatic hydroxyl groups is 1. The molecule has 0 saturated heterocycles. The molecule has 0 aromatic carbocycles. The second kappa shape index (κ2) is 3.90. The van der Waals surface area contributed by atoms with Crippen LogP contribution in [-0.4, -0.2) is 17.6 Å². The Morgan fingerprint density at radius 3 is 2.42 bits per heavy atom. The minimum absolute atomic E-state index is 0.0526. The van der Waals surface area contributed by atoms with Gasteiger partial charge in [0.2, 0.25) is 5.91 Å². The molecule has 0 aromatic heterocycles. The summed E-state index contributed by atoms with van der Waals surface area (Å²) >= 11 is 0. The summed E-state index contributed by atoms with van der Waals surface area (Å²) in [7, 11) is 0. The lowest BCUT2D eigenvalue weighted by Crippen LogP contribution is -2.40. The molecule has 1 amide bonds. The van der Waals surface area contributed by atoms with Crippen LogP contribution in [0.1, 0.15) is 32.1 Å². The van der Waals surface area contributed by atoms with Crippen molar-refractivity contribution in [2.45, 2.75) is 32.1 Å². The summed E-state index contributed by atoms with van der Waals surface area (Å²) in [5, 5.41) is 8.77. The fourth-order valence-electron chi connectivity index (χ4n) is 1.91. The van der Waals surface area contributed by atoms with E-state index in [2.05, 4.69) is 0 Å². The molecule has 3 heteroatoms. The van der Waals surface area contributed by atoms with Crippen LogP contribution in [0.4, 0.5) is 0 Å². The number of rotatable bonds is 3. The van der Waals surface area contributed by atoms with Crippen molar-refractivity contribution in [3.8, 4) is 0 Å². The van der Waals surface area contributed by atoms with Crippen LogP contribution >= 0.6 is 0 Å². The van der Waals surface area contributed by atoms with E-state index in [-0.39, 0.29) is 12.5 Å². The minimum atomic E-state index is -0.507. The highest BCUT2D eigenvalue weighted by Gasteiger charge is 2.37. The summed E-state index contributed by atoms with van der Waals surface area (Å²) in [4.78, 5) is 11.1. The van der Waals surface area contributed by atoms with Crippen LogP contribution in [0.2, 0.25) is 0 Å². The molecule has 1 aliphatic carbocycles. The van der Waals surface area contributed by atoms with Crippen LogP contribution in [0.25, 0.3) is 0 Å². The lowest BCUT2D eigenvalue weighted by molar-refractivity contribution is -0.127. The van der Waals surface area contributed by atoms with Crippen molar-refractivity contribution in [3.05, 3.63) is 6.42 Å². The highest BCUT2D eigenvalue weighted by molar-refractivity contribution is 5.82. The van der Waals surface area contributed by atoms with Crippen LogP contribution in [0, 0.1) is 11.8 Å². The SMILES string of the molecule is NC(=O)C1([CH]CO)CCCCC1. The fraction of sp³-hybridized carbons (Fsp3) is 0.778. The van der Waals surface area contributed by atoms with Gasteiger partial charge in [-0.1, -0.05) is 19.3 Å². The Labute approximate surface area is 72.9 Å². The third kappa shape index (κ3) is 1.78. The molecule has 12 heavy (non-hydrogen) atoms. The monoisotopic (exact) mass is 170 g/mol. The molecule has 0 unspecified atom stereocenters. The van der Waals surface area contributed by atoms with Crippen LogP contribution in [0.5, 0.6) is 0 Å². The molecule has 0 heterocycles. The van der Waals surface area contributed by atoms with Crippen molar-refractivity contribution in [1.82, 2.24) is 0 Å². The number of amides is 1. The number of aliphatic hydroxyl groups excluding tert-OH is 1. The Bertz CT molecular complexity index is 156. The van der Waals surface area contributed by atoms with Crippen molar-refractivity contribution in [2.75, 3.05) is 6.61 Å². The molecule has 3 N–H and O–H groups in total. The first-order valence-corrected chi connectivity index (χ1v) is 4.46. The summed E-state index contributed by atoms with van der Waals surface area (Å²) in [6.45, 7) is -0.0526. The van der Waals surface area contributed by atoms with Crippen LogP contribution in [-0.2, 0) is 4.79 Å². The molecule has 1 rings (SSSR count). The quantitative estimate of drug-likeness (QED) is 0.652. The van der Waals surface area contributed by atoms with E-state index < -0.39 is 5.41 Å². The first-order chi connectivity index (χ1) is 5.71. The molecule has 0 aliphatic heterocycles. The normalized spacial score (nSPS) is 22.1. The first-order valence-electron chi connectivity index (χ1n) is 4.46. The zero-order chi connectivity index (χ0) is 9.03. The van der Waals surface area contributed by atoms with Gasteiger partial charge in [-0.2, -0.15) is 0 Å². The molecule has 1 aliphatic rings. The largest absolute Gasteiger partial charge is 0.396 e. The van der Waals surface area contributed by atoms with E-state index in [1.807, 2.05) is 0 Å². The number of hydrogen-bond donors (Lipinski definition) is 2. The number of nitrogens with two attached hydrogens (primary N) is 1. The topological polar surface area (TPSA) is 63.3 Å². The van der Waals surface area contributed by atoms with E-state index in [4.69, 9.17) is 10.8 Å². The third-order valence-electron chi connectivity index (χ3n) is 2.72. The van der Waals surface area contributed by atoms with Gasteiger partial charge >= 0.3 is 0 Å². The number of carbonyl (C=O) groups is 1. The summed E-state index contributed by atoms with van der Waals surface area (Å²) in [6.07, 6.45) is 6.54. The molecule has 69 valence electrons. The zero-order valence-corrected chi connectivity index (χ0v) is 7.25. The van der Waals surface area contributed by atoms with Gasteiger partial charge in [0.05, 0.1) is 5.41 Å². The van der Waals surface area contributed by atoms with Gasteiger partial charge in [-0.05, 0) is 12.8 Å². The summed E-state index contributed by atoms with van der Waals surface area (Å²) in [5.41, 5.74) is 4.80. The average molecular weight is 170 g/mol. The van der Waals surface area contributed by atoms with E-state index in [1.165, 1.54) is 6.42 Å². The number of hydrogen-bond acceptors (Lipinski definition) is 2. The minimum Gasteiger partial charge on any atom is -0.396 e. The first kappa shape index (κ1) is 9.52. The molecule has 0 atom stereocenters. The zero-order valence-electron chi connectivity index (χ0n) is 7.25. The average Bonchev–Trinajstić information content (AvgIpc) is 2.06. The maximum atomic E-state index is 11.1. The molecule has 3 nitrogen and oxygen atoms in total. The molecule has 0 bridgehead atoms. The van der Waals surface area contributed by atoms with Gasteiger partial charge in [-0.25, -0.2) is 0 Å². The van der Waals surface area contributed by atoms with Gasteiger partial charge in [-0.15, -0.1) is 0 Å². The lowest BCUT2D eigenvalue weighted by atomic mass is 9.71. The molecule has 0 spiro atoms. The molecular formula is C9H16NO2. The summed E-state index contributed by atoms with van der Waals surface area (Å²) < 4.78 is 0. The summed E-state index contributed by atoms with van der Waals surface area (Å²) in [6, 6.07) is 0. The van der Waals surface area contributed by atoms with Crippen molar-refractivity contribution < 1.29 is 9.90 Å². The standard InChI is InChI=1S/C9H16NO2/c10-8(12)9(6-7-11)4-2-1-3-5-9/h6,11H,1-5,7H2,(H2,10,12). The highest BCUT2D eigenvalue weighted by Crippen LogP contribution is 2.38. The van der Waals surface area contributed by atoms with Gasteiger partial charge in [0.15, 0.2) is 0 Å². The van der Waals surface area contributed by atoms with Crippen molar-refractivity contribution in [1.29, 1.82) is 0 Å². The van der Waals surface area contributed by atoms with Gasteiger partial charge < -0.3 is 10.8 Å². The Kier molecular flexibility index (Phi) is 3.09. The fourth-order valence-corrected chi connectivity index (χ4v) is 1.91. The van der Waals surface area contributed by atoms with Gasteiger partial charge in [0.1, 0.15) is 0 Å². The van der Waals surface area contributed by atoms with E-state index >= 15 is 0 Å². The molecule has 1 saturated carbocycles. The highest BCUT2D eigenvalue weighted by atomic mass is 16.3. The number of carbonyl (C=O) groups excluding carboxylic acids is 1. The summed E-state index contributed by atoms with van der Waals surface area (Å²) in [5.74, 6) is -0.281. The molecule has 0 aromatic rings. The predicted molar refractivity (Wildman–Crippen MR) is 46.1 cm³/mol. The molecular weight excluding hydrogens is 154 g/mol. The van der Waals surface area contributed by atoms with E-state index in [9.17, 15) is 4.79 Å². The van der Waals surface area contributed by atoms with E-state index in [0.29, 0.717) is 0 Å². The second-order valence-corrected chi connectivity index (χ2v) is 3.47. The molecule has 1 radical (unpaired) electrons. The Balaban J connectivity index is 2.63. The van der Waals surface area contributed by atoms with Crippen molar-refractivity contribution in [3.63, 3.8) is 0 Å².